The van der Waals surface area contributed by atoms with Crippen molar-refractivity contribution >= 4 is 5.95 Å². The second kappa shape index (κ2) is 4.00. The maximum atomic E-state index is 4.34. The average Bonchev–Trinajstić information content (AvgIpc) is 3.07. The van der Waals surface area contributed by atoms with Crippen LogP contribution in [-0.2, 0) is 6.54 Å². The fraction of sp³-hybridized carbons (Fsp3) is 0.308. The second-order valence-electron chi connectivity index (χ2n) is 4.23. The first kappa shape index (κ1) is 9.46. The lowest BCUT2D eigenvalue weighted by atomic mass is 10.2. The fourth-order valence-electron chi connectivity index (χ4n) is 1.87. The van der Waals surface area contributed by atoms with E-state index in [9.17, 15) is 0 Å². The fourth-order valence-corrected chi connectivity index (χ4v) is 1.87. The van der Waals surface area contributed by atoms with Crippen LogP contribution in [0.2, 0.25) is 0 Å². The van der Waals surface area contributed by atoms with Crippen molar-refractivity contribution in [2.75, 3.05) is 5.32 Å². The lowest BCUT2D eigenvalue weighted by Gasteiger charge is -2.08. The van der Waals surface area contributed by atoms with Gasteiger partial charge in [-0.15, -0.1) is 0 Å². The molecule has 1 saturated carbocycles. The molecule has 0 radical (unpaired) electrons. The predicted molar refractivity (Wildman–Crippen MR) is 64.3 cm³/mol. The maximum Gasteiger partial charge on any atom is 0.203 e. The number of hydrogen-bond acceptors (Lipinski definition) is 2. The van der Waals surface area contributed by atoms with E-state index >= 15 is 0 Å². The summed E-state index contributed by atoms with van der Waals surface area (Å²) in [5.74, 6) is 0.992. The molecule has 1 N–H and O–H groups in total. The summed E-state index contributed by atoms with van der Waals surface area (Å²) in [6, 6.07) is 11.1. The van der Waals surface area contributed by atoms with Gasteiger partial charge in [-0.1, -0.05) is 30.3 Å². The first-order valence-electron chi connectivity index (χ1n) is 5.74. The minimum Gasteiger partial charge on any atom is -0.352 e. The second-order valence-corrected chi connectivity index (χ2v) is 4.23. The number of aromatic nitrogens is 2. The molecule has 2 aromatic rings. The first-order valence-corrected chi connectivity index (χ1v) is 5.74. The zero-order valence-corrected chi connectivity index (χ0v) is 9.13. The number of nitrogens with zero attached hydrogens (tertiary/aromatic N) is 2. The molecule has 1 fully saturated rings. The van der Waals surface area contributed by atoms with E-state index in [4.69, 9.17) is 0 Å². The Hall–Kier alpha value is -1.77. The predicted octanol–water partition coefficient (Wildman–Crippen LogP) is 2.83. The van der Waals surface area contributed by atoms with E-state index in [1.165, 1.54) is 18.4 Å². The molecule has 0 amide bonds. The van der Waals surface area contributed by atoms with Crippen molar-refractivity contribution in [3.05, 3.63) is 48.3 Å². The highest BCUT2D eigenvalue weighted by Gasteiger charge is 2.25. The Bertz CT molecular complexity index is 457. The SMILES string of the molecule is c1ccc(CNc2nccn2C2CC2)cc1. The summed E-state index contributed by atoms with van der Waals surface area (Å²) in [7, 11) is 0. The Morgan fingerprint density at radius 1 is 1.25 bits per heavy atom. The summed E-state index contributed by atoms with van der Waals surface area (Å²) in [5.41, 5.74) is 1.29. The Morgan fingerprint density at radius 3 is 2.81 bits per heavy atom. The lowest BCUT2D eigenvalue weighted by molar-refractivity contribution is 0.743. The van der Waals surface area contributed by atoms with Gasteiger partial charge in [0.15, 0.2) is 0 Å². The molecule has 3 heteroatoms. The van der Waals surface area contributed by atoms with Gasteiger partial charge in [-0.25, -0.2) is 4.98 Å². The van der Waals surface area contributed by atoms with Gasteiger partial charge in [0.1, 0.15) is 0 Å². The molecular formula is C13H15N3. The van der Waals surface area contributed by atoms with Gasteiger partial charge >= 0.3 is 0 Å². The van der Waals surface area contributed by atoms with Crippen LogP contribution in [0.4, 0.5) is 5.95 Å². The van der Waals surface area contributed by atoms with Gasteiger partial charge in [0.2, 0.25) is 5.95 Å². The highest BCUT2D eigenvalue weighted by Crippen LogP contribution is 2.36. The van der Waals surface area contributed by atoms with Crippen molar-refractivity contribution in [3.8, 4) is 0 Å². The average molecular weight is 213 g/mol. The molecule has 1 aliphatic rings. The van der Waals surface area contributed by atoms with Gasteiger partial charge in [-0.2, -0.15) is 0 Å². The monoisotopic (exact) mass is 213 g/mol. The van der Waals surface area contributed by atoms with Crippen LogP contribution in [0.5, 0.6) is 0 Å². The van der Waals surface area contributed by atoms with E-state index in [0.29, 0.717) is 6.04 Å². The molecule has 3 rings (SSSR count). The molecule has 16 heavy (non-hydrogen) atoms. The molecular weight excluding hydrogens is 198 g/mol. The van der Waals surface area contributed by atoms with E-state index < -0.39 is 0 Å². The summed E-state index contributed by atoms with van der Waals surface area (Å²) >= 11 is 0. The summed E-state index contributed by atoms with van der Waals surface area (Å²) in [5, 5.41) is 3.38. The third kappa shape index (κ3) is 1.94. The van der Waals surface area contributed by atoms with Crippen LogP contribution < -0.4 is 5.32 Å². The molecule has 0 unspecified atom stereocenters. The van der Waals surface area contributed by atoms with E-state index in [0.717, 1.165) is 12.5 Å². The van der Waals surface area contributed by atoms with Crippen LogP contribution in [0.3, 0.4) is 0 Å². The van der Waals surface area contributed by atoms with Crippen molar-refractivity contribution in [2.45, 2.75) is 25.4 Å². The standard InChI is InChI=1S/C13H15N3/c1-2-4-11(5-3-1)10-15-13-14-8-9-16(13)12-6-7-12/h1-5,8-9,12H,6-7,10H2,(H,14,15). The first-order chi connectivity index (χ1) is 7.93. The van der Waals surface area contributed by atoms with E-state index in [-0.39, 0.29) is 0 Å². The number of hydrogen-bond donors (Lipinski definition) is 1. The highest BCUT2D eigenvalue weighted by atomic mass is 15.2. The zero-order valence-electron chi connectivity index (χ0n) is 9.13. The molecule has 3 nitrogen and oxygen atoms in total. The Balaban J connectivity index is 1.68. The quantitative estimate of drug-likeness (QED) is 0.846. The van der Waals surface area contributed by atoms with E-state index in [1.54, 1.807) is 0 Å². The summed E-state index contributed by atoms with van der Waals surface area (Å²) in [6.07, 6.45) is 6.50. The van der Waals surface area contributed by atoms with Gasteiger partial charge in [0.25, 0.3) is 0 Å². The maximum absolute atomic E-state index is 4.34. The number of imidazole rings is 1. The van der Waals surface area contributed by atoms with Gasteiger partial charge in [0.05, 0.1) is 0 Å². The summed E-state index contributed by atoms with van der Waals surface area (Å²) in [4.78, 5) is 4.34. The molecule has 0 saturated heterocycles. The van der Waals surface area contributed by atoms with Crippen LogP contribution in [0.15, 0.2) is 42.7 Å². The van der Waals surface area contributed by atoms with Crippen LogP contribution >= 0.6 is 0 Å². The van der Waals surface area contributed by atoms with Gasteiger partial charge in [-0.05, 0) is 18.4 Å². The van der Waals surface area contributed by atoms with Crippen molar-refractivity contribution in [2.24, 2.45) is 0 Å². The lowest BCUT2D eigenvalue weighted by Crippen LogP contribution is -2.06. The number of rotatable bonds is 4. The normalized spacial score (nSPS) is 15.0. The minimum absolute atomic E-state index is 0.681. The molecule has 0 aliphatic heterocycles. The topological polar surface area (TPSA) is 29.9 Å². The van der Waals surface area contributed by atoms with Crippen molar-refractivity contribution in [3.63, 3.8) is 0 Å². The molecule has 82 valence electrons. The van der Waals surface area contributed by atoms with Gasteiger partial charge < -0.3 is 9.88 Å². The zero-order chi connectivity index (χ0) is 10.8. The smallest absolute Gasteiger partial charge is 0.203 e. The molecule has 0 atom stereocenters. The van der Waals surface area contributed by atoms with Crippen LogP contribution in [0.1, 0.15) is 24.4 Å². The van der Waals surface area contributed by atoms with Crippen molar-refractivity contribution in [1.29, 1.82) is 0 Å². The number of nitrogens with one attached hydrogen (secondary N) is 1. The molecule has 1 aromatic carbocycles. The van der Waals surface area contributed by atoms with Crippen molar-refractivity contribution in [1.82, 2.24) is 9.55 Å². The summed E-state index contributed by atoms with van der Waals surface area (Å²) in [6.45, 7) is 0.838. The van der Waals surface area contributed by atoms with Crippen molar-refractivity contribution < 1.29 is 0 Å². The third-order valence-corrected chi connectivity index (χ3v) is 2.90. The molecule has 1 aromatic heterocycles. The summed E-state index contributed by atoms with van der Waals surface area (Å²) < 4.78 is 2.24. The molecule has 0 spiro atoms. The van der Waals surface area contributed by atoms with E-state index in [2.05, 4.69) is 45.3 Å². The Labute approximate surface area is 95.1 Å². The third-order valence-electron chi connectivity index (χ3n) is 2.90. The van der Waals surface area contributed by atoms with Crippen LogP contribution in [-0.4, -0.2) is 9.55 Å². The van der Waals surface area contributed by atoms with Crippen LogP contribution in [0.25, 0.3) is 0 Å². The van der Waals surface area contributed by atoms with E-state index in [1.807, 2.05) is 12.3 Å². The van der Waals surface area contributed by atoms with Gasteiger partial charge in [-0.3, -0.25) is 0 Å². The Kier molecular flexibility index (Phi) is 2.37. The Morgan fingerprint density at radius 2 is 2.06 bits per heavy atom. The van der Waals surface area contributed by atoms with Gasteiger partial charge in [0, 0.05) is 25.0 Å². The number of benzene rings is 1. The highest BCUT2D eigenvalue weighted by molar-refractivity contribution is 5.30. The minimum atomic E-state index is 0.681. The molecule has 1 aliphatic carbocycles. The molecule has 0 bridgehead atoms. The van der Waals surface area contributed by atoms with Crippen LogP contribution in [0, 0.1) is 0 Å². The molecule has 1 heterocycles. The number of anilines is 1. The largest absolute Gasteiger partial charge is 0.352 e.